The fourth-order valence-corrected chi connectivity index (χ4v) is 3.58. The van der Waals surface area contributed by atoms with Gasteiger partial charge in [-0.25, -0.2) is 4.98 Å². The molecule has 1 aromatic heterocycles. The van der Waals surface area contributed by atoms with Crippen LogP contribution in [0.15, 0.2) is 69.7 Å². The first-order valence-electron chi connectivity index (χ1n) is 8.27. The summed E-state index contributed by atoms with van der Waals surface area (Å²) in [5, 5.41) is 1.98. The van der Waals surface area contributed by atoms with Crippen LogP contribution in [0.25, 0.3) is 33.6 Å². The minimum Gasteiger partial charge on any atom is -0.496 e. The Morgan fingerprint density at radius 2 is 1.68 bits per heavy atom. The predicted molar refractivity (Wildman–Crippen MR) is 104 cm³/mol. The highest BCUT2D eigenvalue weighted by molar-refractivity contribution is 9.10. The Morgan fingerprint density at radius 1 is 0.964 bits per heavy atom. The molecular formula is C21H13BrF3NO2. The molecule has 3 nitrogen and oxygen atoms in total. The molecule has 1 heterocycles. The van der Waals surface area contributed by atoms with E-state index in [9.17, 15) is 13.2 Å². The lowest BCUT2D eigenvalue weighted by Gasteiger charge is -2.08. The third kappa shape index (κ3) is 3.38. The van der Waals surface area contributed by atoms with Gasteiger partial charge in [-0.05, 0) is 63.1 Å². The van der Waals surface area contributed by atoms with Crippen molar-refractivity contribution in [3.05, 3.63) is 70.8 Å². The molecule has 0 bridgehead atoms. The average molecular weight is 448 g/mol. The second kappa shape index (κ2) is 6.98. The Bertz CT molecular complexity index is 1150. The van der Waals surface area contributed by atoms with Crippen LogP contribution in [0, 0.1) is 0 Å². The highest BCUT2D eigenvalue weighted by atomic mass is 79.9. The number of benzene rings is 3. The summed E-state index contributed by atoms with van der Waals surface area (Å²) >= 11 is 3.54. The quantitative estimate of drug-likeness (QED) is 0.340. The molecule has 0 aliphatic heterocycles. The third-order valence-electron chi connectivity index (χ3n) is 4.39. The number of aromatic nitrogens is 1. The highest BCUT2D eigenvalue weighted by Gasteiger charge is 2.30. The topological polar surface area (TPSA) is 35.3 Å². The number of fused-ring (bicyclic) bond motifs is 1. The first-order chi connectivity index (χ1) is 13.4. The largest absolute Gasteiger partial charge is 0.496 e. The molecule has 0 spiro atoms. The summed E-state index contributed by atoms with van der Waals surface area (Å²) in [6.45, 7) is 0. The van der Waals surface area contributed by atoms with Gasteiger partial charge in [-0.2, -0.15) is 13.2 Å². The molecule has 0 fully saturated rings. The third-order valence-corrected chi connectivity index (χ3v) is 5.21. The lowest BCUT2D eigenvalue weighted by molar-refractivity contribution is -0.137. The van der Waals surface area contributed by atoms with Gasteiger partial charge in [0.25, 0.3) is 0 Å². The van der Waals surface area contributed by atoms with Crippen LogP contribution in [-0.2, 0) is 6.18 Å². The van der Waals surface area contributed by atoms with E-state index in [0.717, 1.165) is 38.7 Å². The molecule has 0 aliphatic carbocycles. The van der Waals surface area contributed by atoms with E-state index in [2.05, 4.69) is 20.9 Å². The lowest BCUT2D eigenvalue weighted by atomic mass is 10.1. The molecule has 0 radical (unpaired) electrons. The summed E-state index contributed by atoms with van der Waals surface area (Å²) in [4.78, 5) is 4.20. The second-order valence-electron chi connectivity index (χ2n) is 6.12. The standard InChI is InChI=1S/C21H13BrF3NO2/c1-27-17-9-5-13-10-14(4-8-16(13)19(17)22)18-11-26-20(28-18)12-2-6-15(7-3-12)21(23,24)25/h2-11H,1H3. The number of oxazole rings is 1. The maximum absolute atomic E-state index is 12.7. The molecule has 0 atom stereocenters. The molecule has 0 unspecified atom stereocenters. The molecular weight excluding hydrogens is 435 g/mol. The Hall–Kier alpha value is -2.80. The number of halogens is 4. The lowest BCUT2D eigenvalue weighted by Crippen LogP contribution is -2.03. The number of methoxy groups -OCH3 is 1. The van der Waals surface area contributed by atoms with Gasteiger partial charge in [-0.3, -0.25) is 0 Å². The van der Waals surface area contributed by atoms with E-state index < -0.39 is 11.7 Å². The number of ether oxygens (including phenoxy) is 1. The monoisotopic (exact) mass is 447 g/mol. The van der Waals surface area contributed by atoms with Crippen molar-refractivity contribution in [3.63, 3.8) is 0 Å². The van der Waals surface area contributed by atoms with Crippen LogP contribution >= 0.6 is 15.9 Å². The summed E-state index contributed by atoms with van der Waals surface area (Å²) in [5.41, 5.74) is 0.585. The fraction of sp³-hybridized carbons (Fsp3) is 0.0952. The van der Waals surface area contributed by atoms with Crippen LogP contribution in [0.1, 0.15) is 5.56 Å². The van der Waals surface area contributed by atoms with Crippen molar-refractivity contribution >= 4 is 26.7 Å². The van der Waals surface area contributed by atoms with E-state index in [-0.39, 0.29) is 5.89 Å². The Morgan fingerprint density at radius 3 is 2.36 bits per heavy atom. The van der Waals surface area contributed by atoms with Crippen molar-refractivity contribution in [1.29, 1.82) is 0 Å². The minimum atomic E-state index is -4.37. The van der Waals surface area contributed by atoms with Gasteiger partial charge in [-0.15, -0.1) is 0 Å². The summed E-state index contributed by atoms with van der Waals surface area (Å²) in [7, 11) is 1.61. The Balaban J connectivity index is 1.67. The smallest absolute Gasteiger partial charge is 0.416 e. The normalized spacial score (nSPS) is 11.8. The molecule has 3 aromatic carbocycles. The highest BCUT2D eigenvalue weighted by Crippen LogP contribution is 2.36. The summed E-state index contributed by atoms with van der Waals surface area (Å²) < 4.78 is 50.0. The van der Waals surface area contributed by atoms with Crippen molar-refractivity contribution in [2.45, 2.75) is 6.18 Å². The van der Waals surface area contributed by atoms with E-state index in [4.69, 9.17) is 9.15 Å². The molecule has 4 aromatic rings. The van der Waals surface area contributed by atoms with Gasteiger partial charge in [0.1, 0.15) is 5.75 Å². The number of hydrogen-bond acceptors (Lipinski definition) is 3. The van der Waals surface area contributed by atoms with Crippen molar-refractivity contribution in [3.8, 4) is 28.5 Å². The van der Waals surface area contributed by atoms with E-state index in [1.165, 1.54) is 12.1 Å². The van der Waals surface area contributed by atoms with Crippen molar-refractivity contribution < 1.29 is 22.3 Å². The number of nitrogens with zero attached hydrogens (tertiary/aromatic N) is 1. The van der Waals surface area contributed by atoms with Crippen LogP contribution in [0.4, 0.5) is 13.2 Å². The van der Waals surface area contributed by atoms with E-state index >= 15 is 0 Å². The molecule has 0 saturated heterocycles. The molecule has 142 valence electrons. The van der Waals surface area contributed by atoms with Crippen LogP contribution in [0.5, 0.6) is 5.75 Å². The summed E-state index contributed by atoms with van der Waals surface area (Å²) in [6, 6.07) is 14.3. The Kier molecular flexibility index (Phi) is 4.63. The molecule has 0 N–H and O–H groups in total. The summed E-state index contributed by atoms with van der Waals surface area (Å²) in [6.07, 6.45) is -2.81. The van der Waals surface area contributed by atoms with Gasteiger partial charge in [0.05, 0.1) is 23.3 Å². The molecule has 28 heavy (non-hydrogen) atoms. The van der Waals surface area contributed by atoms with Crippen molar-refractivity contribution in [1.82, 2.24) is 4.98 Å². The maximum atomic E-state index is 12.7. The van der Waals surface area contributed by atoms with Gasteiger partial charge in [0.2, 0.25) is 5.89 Å². The van der Waals surface area contributed by atoms with Crippen LogP contribution in [0.3, 0.4) is 0 Å². The van der Waals surface area contributed by atoms with Crippen LogP contribution in [-0.4, -0.2) is 12.1 Å². The molecule has 0 amide bonds. The van der Waals surface area contributed by atoms with Gasteiger partial charge in [0, 0.05) is 11.1 Å². The van der Waals surface area contributed by atoms with E-state index in [1.807, 2.05) is 30.3 Å². The minimum absolute atomic E-state index is 0.264. The molecule has 0 aliphatic rings. The Labute approximate surface area is 166 Å². The predicted octanol–water partition coefficient (Wildman–Crippen LogP) is 6.95. The van der Waals surface area contributed by atoms with Gasteiger partial charge in [-0.1, -0.05) is 18.2 Å². The molecule has 0 saturated carbocycles. The second-order valence-corrected chi connectivity index (χ2v) is 6.92. The van der Waals surface area contributed by atoms with Crippen molar-refractivity contribution in [2.24, 2.45) is 0 Å². The van der Waals surface area contributed by atoms with Crippen LogP contribution < -0.4 is 4.74 Å². The SMILES string of the molecule is COc1ccc2cc(-c3cnc(-c4ccc(C(F)(F)F)cc4)o3)ccc2c1Br. The van der Waals surface area contributed by atoms with E-state index in [0.29, 0.717) is 11.3 Å². The number of rotatable bonds is 3. The number of alkyl halides is 3. The zero-order valence-electron chi connectivity index (χ0n) is 14.5. The van der Waals surface area contributed by atoms with Gasteiger partial charge < -0.3 is 9.15 Å². The average Bonchev–Trinajstić information content (AvgIpc) is 3.18. The van der Waals surface area contributed by atoms with Crippen LogP contribution in [0.2, 0.25) is 0 Å². The first kappa shape index (κ1) is 18.6. The molecule has 7 heteroatoms. The first-order valence-corrected chi connectivity index (χ1v) is 9.06. The fourth-order valence-electron chi connectivity index (χ4n) is 2.93. The summed E-state index contributed by atoms with van der Waals surface area (Å²) in [5.74, 6) is 1.54. The van der Waals surface area contributed by atoms with Crippen molar-refractivity contribution in [2.75, 3.05) is 7.11 Å². The number of hydrogen-bond donors (Lipinski definition) is 0. The van der Waals surface area contributed by atoms with E-state index in [1.54, 1.807) is 13.3 Å². The maximum Gasteiger partial charge on any atom is 0.416 e. The van der Waals surface area contributed by atoms with Gasteiger partial charge in [0.15, 0.2) is 5.76 Å². The van der Waals surface area contributed by atoms with Gasteiger partial charge >= 0.3 is 6.18 Å². The zero-order valence-corrected chi connectivity index (χ0v) is 16.1. The zero-order chi connectivity index (χ0) is 19.9. The molecule has 4 rings (SSSR count).